The Hall–Kier alpha value is -1.59. The summed E-state index contributed by atoms with van der Waals surface area (Å²) in [4.78, 5) is 16.7. The number of hydrogen-bond donors (Lipinski definition) is 2. The Morgan fingerprint density at radius 3 is 2.62 bits per heavy atom. The second-order valence-electron chi connectivity index (χ2n) is 6.52. The molecule has 24 heavy (non-hydrogen) atoms. The summed E-state index contributed by atoms with van der Waals surface area (Å²) in [7, 11) is 0. The van der Waals surface area contributed by atoms with E-state index in [-0.39, 0.29) is 5.91 Å². The molecule has 1 aromatic carbocycles. The number of nitrogens with zero attached hydrogens (tertiary/aromatic N) is 2. The van der Waals surface area contributed by atoms with E-state index in [1.165, 1.54) is 11.3 Å². The maximum Gasteiger partial charge on any atom is 0.221 e. The van der Waals surface area contributed by atoms with Crippen LogP contribution in [0.1, 0.15) is 25.3 Å². The van der Waals surface area contributed by atoms with Crippen LogP contribution >= 0.6 is 0 Å². The highest BCUT2D eigenvalue weighted by atomic mass is 16.1. The number of anilines is 1. The highest BCUT2D eigenvalue weighted by molar-refractivity contribution is 5.76. The monoisotopic (exact) mass is 332 g/mol. The fourth-order valence-corrected chi connectivity index (χ4v) is 2.99. The van der Waals surface area contributed by atoms with Gasteiger partial charge in [0.15, 0.2) is 0 Å². The van der Waals surface area contributed by atoms with E-state index in [9.17, 15) is 4.79 Å². The summed E-state index contributed by atoms with van der Waals surface area (Å²) in [6.45, 7) is 11.8. The van der Waals surface area contributed by atoms with Crippen LogP contribution in [0.15, 0.2) is 24.3 Å². The van der Waals surface area contributed by atoms with Gasteiger partial charge in [-0.05, 0) is 37.6 Å². The van der Waals surface area contributed by atoms with Crippen LogP contribution in [0.3, 0.4) is 0 Å². The van der Waals surface area contributed by atoms with Gasteiger partial charge in [-0.3, -0.25) is 9.69 Å². The number of amides is 1. The van der Waals surface area contributed by atoms with E-state index in [2.05, 4.69) is 58.5 Å². The standard InChI is InChI=1S/C19H32N4O/c1-3-8-20-9-10-21-19(24)7-11-22-12-14-23(15-13-22)18-6-4-5-17(2)16-18/h4-6,16,20H,3,7-15H2,1-2H3,(H,21,24). The molecule has 0 aliphatic carbocycles. The maximum atomic E-state index is 11.9. The number of hydrogen-bond acceptors (Lipinski definition) is 4. The molecular formula is C19H32N4O. The molecule has 2 N–H and O–H groups in total. The Balaban J connectivity index is 1.60. The van der Waals surface area contributed by atoms with Crippen LogP contribution in [0.4, 0.5) is 5.69 Å². The fourth-order valence-electron chi connectivity index (χ4n) is 2.99. The van der Waals surface area contributed by atoms with Gasteiger partial charge < -0.3 is 15.5 Å². The minimum absolute atomic E-state index is 0.161. The van der Waals surface area contributed by atoms with Gasteiger partial charge in [0, 0.05) is 57.9 Å². The van der Waals surface area contributed by atoms with Crippen molar-refractivity contribution in [1.29, 1.82) is 0 Å². The van der Waals surface area contributed by atoms with E-state index >= 15 is 0 Å². The Labute approximate surface area is 146 Å². The van der Waals surface area contributed by atoms with Crippen molar-refractivity contribution in [3.8, 4) is 0 Å². The van der Waals surface area contributed by atoms with E-state index in [4.69, 9.17) is 0 Å². The summed E-state index contributed by atoms with van der Waals surface area (Å²) in [5, 5.41) is 6.27. The van der Waals surface area contributed by atoms with Gasteiger partial charge in [0.1, 0.15) is 0 Å². The highest BCUT2D eigenvalue weighted by Crippen LogP contribution is 2.17. The van der Waals surface area contributed by atoms with Crippen molar-refractivity contribution >= 4 is 11.6 Å². The van der Waals surface area contributed by atoms with Crippen LogP contribution in [0, 0.1) is 6.92 Å². The first kappa shape index (κ1) is 18.7. The highest BCUT2D eigenvalue weighted by Gasteiger charge is 2.17. The third kappa shape index (κ3) is 6.49. The van der Waals surface area contributed by atoms with Crippen LogP contribution in [-0.4, -0.2) is 63.2 Å². The van der Waals surface area contributed by atoms with Crippen molar-refractivity contribution < 1.29 is 4.79 Å². The first-order valence-corrected chi connectivity index (χ1v) is 9.20. The van der Waals surface area contributed by atoms with Gasteiger partial charge in [-0.15, -0.1) is 0 Å². The lowest BCUT2D eigenvalue weighted by molar-refractivity contribution is -0.121. The zero-order chi connectivity index (χ0) is 17.2. The Morgan fingerprint density at radius 1 is 1.12 bits per heavy atom. The van der Waals surface area contributed by atoms with E-state index in [1.54, 1.807) is 0 Å². The number of carbonyl (C=O) groups excluding carboxylic acids is 1. The third-order valence-electron chi connectivity index (χ3n) is 4.44. The lowest BCUT2D eigenvalue weighted by Gasteiger charge is -2.36. The van der Waals surface area contributed by atoms with E-state index in [0.717, 1.165) is 58.8 Å². The largest absolute Gasteiger partial charge is 0.369 e. The summed E-state index contributed by atoms with van der Waals surface area (Å²) >= 11 is 0. The molecule has 0 aromatic heterocycles. The fraction of sp³-hybridized carbons (Fsp3) is 0.632. The smallest absolute Gasteiger partial charge is 0.221 e. The molecule has 2 rings (SSSR count). The molecule has 1 saturated heterocycles. The van der Waals surface area contributed by atoms with E-state index in [1.807, 2.05) is 0 Å². The molecule has 1 aliphatic heterocycles. The van der Waals surface area contributed by atoms with Crippen molar-refractivity contribution in [2.75, 3.05) is 57.3 Å². The molecule has 0 atom stereocenters. The average Bonchev–Trinajstić information content (AvgIpc) is 2.60. The second-order valence-corrected chi connectivity index (χ2v) is 6.52. The number of nitrogens with one attached hydrogen (secondary N) is 2. The molecule has 1 aromatic rings. The maximum absolute atomic E-state index is 11.9. The summed E-state index contributed by atoms with van der Waals surface area (Å²) in [6, 6.07) is 8.69. The molecule has 0 spiro atoms. The molecule has 134 valence electrons. The van der Waals surface area contributed by atoms with Crippen LogP contribution in [0.2, 0.25) is 0 Å². The predicted molar refractivity (Wildman–Crippen MR) is 101 cm³/mol. The molecule has 1 heterocycles. The molecular weight excluding hydrogens is 300 g/mol. The van der Waals surface area contributed by atoms with Crippen LogP contribution in [-0.2, 0) is 4.79 Å². The van der Waals surface area contributed by atoms with Crippen LogP contribution < -0.4 is 15.5 Å². The molecule has 1 fully saturated rings. The minimum Gasteiger partial charge on any atom is -0.369 e. The molecule has 1 amide bonds. The topological polar surface area (TPSA) is 47.6 Å². The van der Waals surface area contributed by atoms with Gasteiger partial charge in [-0.2, -0.15) is 0 Å². The van der Waals surface area contributed by atoms with E-state index < -0.39 is 0 Å². The van der Waals surface area contributed by atoms with E-state index in [0.29, 0.717) is 6.42 Å². The number of piperazine rings is 1. The van der Waals surface area contributed by atoms with Crippen LogP contribution in [0.5, 0.6) is 0 Å². The predicted octanol–water partition coefficient (Wildman–Crippen LogP) is 1.62. The number of benzene rings is 1. The lowest BCUT2D eigenvalue weighted by atomic mass is 10.2. The minimum atomic E-state index is 0.161. The van der Waals surface area contributed by atoms with Crippen molar-refractivity contribution in [2.45, 2.75) is 26.7 Å². The molecule has 0 saturated carbocycles. The molecule has 5 nitrogen and oxygen atoms in total. The summed E-state index contributed by atoms with van der Waals surface area (Å²) < 4.78 is 0. The van der Waals surface area contributed by atoms with Gasteiger partial charge >= 0.3 is 0 Å². The Bertz CT molecular complexity index is 498. The summed E-state index contributed by atoms with van der Waals surface area (Å²) in [5.41, 5.74) is 2.62. The number of aryl methyl sites for hydroxylation is 1. The van der Waals surface area contributed by atoms with Gasteiger partial charge in [0.05, 0.1) is 0 Å². The Morgan fingerprint density at radius 2 is 1.92 bits per heavy atom. The molecule has 5 heteroatoms. The van der Waals surface area contributed by atoms with Crippen molar-refractivity contribution in [3.63, 3.8) is 0 Å². The first-order chi connectivity index (χ1) is 11.7. The Kier molecular flexibility index (Phi) is 8.05. The number of rotatable bonds is 9. The summed E-state index contributed by atoms with van der Waals surface area (Å²) in [5.74, 6) is 0.161. The van der Waals surface area contributed by atoms with Gasteiger partial charge in [-0.1, -0.05) is 19.1 Å². The molecule has 1 aliphatic rings. The zero-order valence-electron chi connectivity index (χ0n) is 15.2. The molecule has 0 bridgehead atoms. The number of carbonyl (C=O) groups is 1. The lowest BCUT2D eigenvalue weighted by Crippen LogP contribution is -2.47. The van der Waals surface area contributed by atoms with Crippen molar-refractivity contribution in [2.24, 2.45) is 0 Å². The molecule has 0 unspecified atom stereocenters. The van der Waals surface area contributed by atoms with Gasteiger partial charge in [0.25, 0.3) is 0 Å². The quantitative estimate of drug-likeness (QED) is 0.675. The molecule has 0 radical (unpaired) electrons. The van der Waals surface area contributed by atoms with Gasteiger partial charge in [0.2, 0.25) is 5.91 Å². The van der Waals surface area contributed by atoms with Crippen molar-refractivity contribution in [3.05, 3.63) is 29.8 Å². The average molecular weight is 332 g/mol. The van der Waals surface area contributed by atoms with Crippen LogP contribution in [0.25, 0.3) is 0 Å². The SMILES string of the molecule is CCCNCCNC(=O)CCN1CCN(c2cccc(C)c2)CC1. The normalized spacial score (nSPS) is 15.5. The second kappa shape index (κ2) is 10.3. The summed E-state index contributed by atoms with van der Waals surface area (Å²) in [6.07, 6.45) is 1.72. The first-order valence-electron chi connectivity index (χ1n) is 9.20. The van der Waals surface area contributed by atoms with Gasteiger partial charge in [-0.25, -0.2) is 0 Å². The van der Waals surface area contributed by atoms with Crippen molar-refractivity contribution in [1.82, 2.24) is 15.5 Å². The zero-order valence-corrected chi connectivity index (χ0v) is 15.2. The third-order valence-corrected chi connectivity index (χ3v) is 4.44.